The second-order valence-electron chi connectivity index (χ2n) is 5.07. The highest BCUT2D eigenvalue weighted by Gasteiger charge is 2.11. The SMILES string of the molecule is CS(=O)(=O)Nc1cc(Br)cc(C(F)F)c1.Nc1cc(Br)cc(C(F)F)c1. The van der Waals surface area contributed by atoms with Gasteiger partial charge in [0.15, 0.2) is 0 Å². The monoisotopic (exact) mass is 520 g/mol. The van der Waals surface area contributed by atoms with Crippen LogP contribution >= 0.6 is 31.9 Å². The molecule has 2 rings (SSSR count). The minimum absolute atomic E-state index is 0.0584. The van der Waals surface area contributed by atoms with Gasteiger partial charge in [0, 0.05) is 25.8 Å². The molecule has 11 heteroatoms. The quantitative estimate of drug-likeness (QED) is 0.399. The number of rotatable bonds is 4. The smallest absolute Gasteiger partial charge is 0.263 e. The van der Waals surface area contributed by atoms with Crippen LogP contribution in [0, 0.1) is 0 Å². The number of sulfonamides is 1. The Bertz CT molecular complexity index is 844. The number of hydrogen-bond acceptors (Lipinski definition) is 3. The van der Waals surface area contributed by atoms with E-state index in [2.05, 4.69) is 36.6 Å². The molecular weight excluding hydrogens is 508 g/mol. The molecule has 0 aromatic heterocycles. The third kappa shape index (κ3) is 8.37. The van der Waals surface area contributed by atoms with Crippen molar-refractivity contribution in [2.75, 3.05) is 16.7 Å². The van der Waals surface area contributed by atoms with E-state index in [-0.39, 0.29) is 16.8 Å². The molecule has 0 spiro atoms. The Hall–Kier alpha value is -1.33. The molecule has 0 aliphatic rings. The van der Waals surface area contributed by atoms with Gasteiger partial charge in [0.2, 0.25) is 10.0 Å². The molecule has 0 radical (unpaired) electrons. The van der Waals surface area contributed by atoms with Gasteiger partial charge in [0.1, 0.15) is 0 Å². The predicted octanol–water partition coefficient (Wildman–Crippen LogP) is 5.73. The maximum Gasteiger partial charge on any atom is 0.263 e. The molecule has 3 N–H and O–H groups in total. The molecule has 0 aliphatic carbocycles. The zero-order chi connectivity index (χ0) is 20.1. The van der Waals surface area contributed by atoms with Crippen molar-refractivity contribution in [2.45, 2.75) is 12.9 Å². The minimum atomic E-state index is -3.45. The van der Waals surface area contributed by atoms with Crippen molar-refractivity contribution in [3.63, 3.8) is 0 Å². The van der Waals surface area contributed by atoms with Crippen LogP contribution < -0.4 is 10.5 Å². The third-order valence-electron chi connectivity index (χ3n) is 2.67. The van der Waals surface area contributed by atoms with Crippen LogP contribution in [0.25, 0.3) is 0 Å². The van der Waals surface area contributed by atoms with Crippen LogP contribution in [-0.2, 0) is 10.0 Å². The number of halogens is 6. The summed E-state index contributed by atoms with van der Waals surface area (Å²) in [6.07, 6.45) is -4.15. The van der Waals surface area contributed by atoms with E-state index in [4.69, 9.17) is 5.73 Å². The van der Waals surface area contributed by atoms with Crippen molar-refractivity contribution >= 4 is 53.3 Å². The molecule has 26 heavy (non-hydrogen) atoms. The highest BCUT2D eigenvalue weighted by atomic mass is 79.9. The summed E-state index contributed by atoms with van der Waals surface area (Å²) in [5.41, 5.74) is 5.49. The van der Waals surface area contributed by atoms with Crippen LogP contribution in [-0.4, -0.2) is 14.7 Å². The summed E-state index contributed by atoms with van der Waals surface area (Å²) in [6, 6.07) is 7.92. The standard InChI is InChI=1S/C8H8BrF2NO2S.C7H6BrF2N/c1-15(13,14)12-7-3-5(8(10)11)2-6(9)4-7;8-5-1-4(7(9)10)2-6(11)3-5/h2-4,8,12H,1H3;1-3,7H,11H2. The molecule has 0 unspecified atom stereocenters. The molecule has 0 bridgehead atoms. The Kier molecular flexibility index (Phi) is 8.35. The molecule has 0 amide bonds. The number of nitrogens with two attached hydrogens (primary N) is 1. The van der Waals surface area contributed by atoms with Gasteiger partial charge in [-0.1, -0.05) is 31.9 Å². The number of benzene rings is 2. The van der Waals surface area contributed by atoms with Crippen molar-refractivity contribution in [3.8, 4) is 0 Å². The lowest BCUT2D eigenvalue weighted by atomic mass is 10.2. The molecule has 0 atom stereocenters. The molecule has 144 valence electrons. The van der Waals surface area contributed by atoms with E-state index in [1.807, 2.05) is 0 Å². The van der Waals surface area contributed by atoms with Gasteiger partial charge >= 0.3 is 0 Å². The number of anilines is 2. The van der Waals surface area contributed by atoms with Gasteiger partial charge in [-0.25, -0.2) is 26.0 Å². The van der Waals surface area contributed by atoms with Gasteiger partial charge in [-0.15, -0.1) is 0 Å². The van der Waals surface area contributed by atoms with Crippen LogP contribution in [0.4, 0.5) is 28.9 Å². The number of nitrogens with one attached hydrogen (secondary N) is 1. The number of hydrogen-bond donors (Lipinski definition) is 2. The molecule has 0 saturated carbocycles. The Morgan fingerprint density at radius 2 is 1.35 bits per heavy atom. The Morgan fingerprint density at radius 3 is 1.77 bits per heavy atom. The summed E-state index contributed by atoms with van der Waals surface area (Å²) in [4.78, 5) is 0. The van der Waals surface area contributed by atoms with Gasteiger partial charge in [-0.3, -0.25) is 4.72 Å². The fourth-order valence-electron chi connectivity index (χ4n) is 1.77. The largest absolute Gasteiger partial charge is 0.399 e. The highest BCUT2D eigenvalue weighted by Crippen LogP contribution is 2.27. The summed E-state index contributed by atoms with van der Waals surface area (Å²) >= 11 is 6.09. The molecule has 2 aromatic rings. The summed E-state index contributed by atoms with van der Waals surface area (Å²) in [6.45, 7) is 0. The van der Waals surface area contributed by atoms with E-state index in [9.17, 15) is 26.0 Å². The Labute approximate surface area is 165 Å². The molecule has 0 heterocycles. The van der Waals surface area contributed by atoms with Crippen LogP contribution in [0.5, 0.6) is 0 Å². The van der Waals surface area contributed by atoms with Crippen molar-refractivity contribution in [1.29, 1.82) is 0 Å². The zero-order valence-corrected chi connectivity index (χ0v) is 17.2. The van der Waals surface area contributed by atoms with Crippen LogP contribution in [0.3, 0.4) is 0 Å². The molecule has 0 fully saturated rings. The second kappa shape index (κ2) is 9.56. The van der Waals surface area contributed by atoms with Gasteiger partial charge < -0.3 is 5.73 Å². The average molecular weight is 522 g/mol. The van der Waals surface area contributed by atoms with E-state index in [1.165, 1.54) is 24.3 Å². The van der Waals surface area contributed by atoms with Gasteiger partial charge in [-0.05, 0) is 36.4 Å². The average Bonchev–Trinajstić information content (AvgIpc) is 2.44. The molecular formula is C15H14Br2F4N2O2S. The minimum Gasteiger partial charge on any atom is -0.399 e. The first-order chi connectivity index (χ1) is 11.9. The fraction of sp³-hybridized carbons (Fsp3) is 0.200. The molecule has 0 saturated heterocycles. The predicted molar refractivity (Wildman–Crippen MR) is 101 cm³/mol. The van der Waals surface area contributed by atoms with Crippen LogP contribution in [0.1, 0.15) is 24.0 Å². The van der Waals surface area contributed by atoms with Crippen molar-refractivity contribution in [2.24, 2.45) is 0 Å². The van der Waals surface area contributed by atoms with Crippen molar-refractivity contribution < 1.29 is 26.0 Å². The van der Waals surface area contributed by atoms with E-state index >= 15 is 0 Å². The van der Waals surface area contributed by atoms with Gasteiger partial charge in [-0.2, -0.15) is 0 Å². The topological polar surface area (TPSA) is 72.2 Å². The fourth-order valence-corrected chi connectivity index (χ4v) is 3.36. The first kappa shape index (κ1) is 22.7. The maximum absolute atomic E-state index is 12.4. The summed E-state index contributed by atoms with van der Waals surface area (Å²) < 4.78 is 73.7. The molecule has 4 nitrogen and oxygen atoms in total. The first-order valence-electron chi connectivity index (χ1n) is 6.78. The van der Waals surface area contributed by atoms with Crippen LogP contribution in [0.2, 0.25) is 0 Å². The summed E-state index contributed by atoms with van der Waals surface area (Å²) in [5.74, 6) is 0. The highest BCUT2D eigenvalue weighted by molar-refractivity contribution is 9.10. The van der Waals surface area contributed by atoms with E-state index in [0.29, 0.717) is 14.6 Å². The molecule has 0 aliphatic heterocycles. The van der Waals surface area contributed by atoms with Crippen molar-refractivity contribution in [1.82, 2.24) is 0 Å². The van der Waals surface area contributed by atoms with E-state index in [0.717, 1.165) is 12.3 Å². The van der Waals surface area contributed by atoms with E-state index in [1.54, 1.807) is 6.07 Å². The van der Waals surface area contributed by atoms with Crippen molar-refractivity contribution in [3.05, 3.63) is 56.5 Å². The zero-order valence-electron chi connectivity index (χ0n) is 13.2. The lowest BCUT2D eigenvalue weighted by molar-refractivity contribution is 0.151. The maximum atomic E-state index is 12.4. The van der Waals surface area contributed by atoms with E-state index < -0.39 is 22.9 Å². The summed E-state index contributed by atoms with van der Waals surface area (Å²) in [5, 5.41) is 0. The normalized spacial score (nSPS) is 11.3. The lowest BCUT2D eigenvalue weighted by Gasteiger charge is -2.07. The number of nitrogen functional groups attached to an aromatic ring is 1. The second-order valence-corrected chi connectivity index (χ2v) is 8.65. The molecule has 2 aromatic carbocycles. The number of alkyl halides is 4. The Morgan fingerprint density at radius 1 is 0.885 bits per heavy atom. The Balaban J connectivity index is 0.000000273. The van der Waals surface area contributed by atoms with Gasteiger partial charge in [0.25, 0.3) is 12.9 Å². The third-order valence-corrected chi connectivity index (χ3v) is 4.19. The lowest BCUT2D eigenvalue weighted by Crippen LogP contribution is -2.09. The van der Waals surface area contributed by atoms with Crippen LogP contribution in [0.15, 0.2) is 45.3 Å². The first-order valence-corrected chi connectivity index (χ1v) is 10.3. The summed E-state index contributed by atoms with van der Waals surface area (Å²) in [7, 11) is -3.45. The van der Waals surface area contributed by atoms with Gasteiger partial charge in [0.05, 0.1) is 11.9 Å².